The summed E-state index contributed by atoms with van der Waals surface area (Å²) in [6, 6.07) is 5.88. The van der Waals surface area contributed by atoms with E-state index in [1.165, 1.54) is 6.33 Å². The molecule has 8 heteroatoms. The second-order valence-electron chi connectivity index (χ2n) is 5.79. The second-order valence-corrected chi connectivity index (χ2v) is 5.79. The maximum Gasteiger partial charge on any atom is 0.340 e. The highest BCUT2D eigenvalue weighted by Gasteiger charge is 2.20. The Morgan fingerprint density at radius 1 is 1.35 bits per heavy atom. The molecule has 8 nitrogen and oxygen atoms in total. The van der Waals surface area contributed by atoms with Crippen LogP contribution in [-0.2, 0) is 11.2 Å². The molecule has 0 amide bonds. The fraction of sp³-hybridized carbons (Fsp3) is 0.222. The Labute approximate surface area is 149 Å². The van der Waals surface area contributed by atoms with Gasteiger partial charge in [-0.25, -0.2) is 14.3 Å². The number of carbonyl (C=O) groups excluding carboxylic acids is 1. The van der Waals surface area contributed by atoms with E-state index in [4.69, 9.17) is 4.74 Å². The van der Waals surface area contributed by atoms with Crippen molar-refractivity contribution in [1.82, 2.24) is 24.8 Å². The first-order valence-corrected chi connectivity index (χ1v) is 8.43. The quantitative estimate of drug-likeness (QED) is 0.537. The summed E-state index contributed by atoms with van der Waals surface area (Å²) in [5.41, 5.74) is 3.98. The van der Waals surface area contributed by atoms with Crippen LogP contribution in [0, 0.1) is 0 Å². The number of aromatic nitrogens is 5. The van der Waals surface area contributed by atoms with E-state index in [2.05, 4.69) is 25.6 Å². The van der Waals surface area contributed by atoms with Crippen LogP contribution in [0.1, 0.15) is 29.8 Å². The minimum atomic E-state index is -0.347. The van der Waals surface area contributed by atoms with Gasteiger partial charge in [-0.2, -0.15) is 10.2 Å². The third-order valence-electron chi connectivity index (χ3n) is 4.23. The molecule has 0 aliphatic heterocycles. The van der Waals surface area contributed by atoms with Crippen molar-refractivity contribution in [3.05, 3.63) is 48.0 Å². The number of ether oxygens (including phenoxy) is 1. The van der Waals surface area contributed by atoms with E-state index in [0.29, 0.717) is 24.4 Å². The van der Waals surface area contributed by atoms with E-state index in [9.17, 15) is 4.79 Å². The first-order chi connectivity index (χ1) is 12.7. The highest BCUT2D eigenvalue weighted by Crippen LogP contribution is 2.28. The fourth-order valence-corrected chi connectivity index (χ4v) is 3.06. The summed E-state index contributed by atoms with van der Waals surface area (Å²) < 4.78 is 6.83. The second kappa shape index (κ2) is 6.47. The van der Waals surface area contributed by atoms with Crippen LogP contribution in [0.5, 0.6) is 0 Å². The molecule has 0 radical (unpaired) electrons. The Morgan fingerprint density at radius 3 is 3.04 bits per heavy atom. The summed E-state index contributed by atoms with van der Waals surface area (Å²) in [6.07, 6.45) is 5.58. The highest BCUT2D eigenvalue weighted by atomic mass is 16.5. The van der Waals surface area contributed by atoms with Crippen LogP contribution in [0.25, 0.3) is 16.4 Å². The standard InChI is InChI=1S/C18H18N6O2/c1-3-13-14(18(25)26-4-2)9-24-16(13)17(19-10-21-24)22-12-5-6-15-11(7-12)8-20-23-15/h5-10H,3-4H2,1-2H3,(H,20,23)(H,19,21,22). The molecule has 4 rings (SSSR count). The van der Waals surface area contributed by atoms with E-state index in [1.807, 2.05) is 25.1 Å². The van der Waals surface area contributed by atoms with Crippen LogP contribution in [0.3, 0.4) is 0 Å². The number of H-pyrrole nitrogens is 1. The average Bonchev–Trinajstić information content (AvgIpc) is 3.26. The van der Waals surface area contributed by atoms with Crippen LogP contribution < -0.4 is 5.32 Å². The van der Waals surface area contributed by atoms with Gasteiger partial charge < -0.3 is 10.1 Å². The number of carbonyl (C=O) groups is 1. The van der Waals surface area contributed by atoms with Crippen molar-refractivity contribution in [1.29, 1.82) is 0 Å². The zero-order chi connectivity index (χ0) is 18.1. The van der Waals surface area contributed by atoms with Gasteiger partial charge in [0.05, 0.1) is 23.9 Å². The molecule has 0 spiro atoms. The summed E-state index contributed by atoms with van der Waals surface area (Å²) >= 11 is 0. The van der Waals surface area contributed by atoms with Gasteiger partial charge in [-0.15, -0.1) is 0 Å². The molecule has 26 heavy (non-hydrogen) atoms. The SMILES string of the molecule is CCOC(=O)c1cn2ncnc(Nc3ccc4[nH]ncc4c3)c2c1CC. The summed E-state index contributed by atoms with van der Waals surface area (Å²) in [7, 11) is 0. The number of rotatable bonds is 5. The predicted molar refractivity (Wildman–Crippen MR) is 97.7 cm³/mol. The van der Waals surface area contributed by atoms with E-state index in [-0.39, 0.29) is 5.97 Å². The number of anilines is 2. The zero-order valence-corrected chi connectivity index (χ0v) is 14.5. The number of hydrogen-bond donors (Lipinski definition) is 2. The number of aryl methyl sites for hydroxylation is 1. The molecular formula is C18H18N6O2. The Morgan fingerprint density at radius 2 is 2.23 bits per heavy atom. The predicted octanol–water partition coefficient (Wildman–Crippen LogP) is 3.09. The monoisotopic (exact) mass is 350 g/mol. The van der Waals surface area contributed by atoms with E-state index >= 15 is 0 Å². The minimum absolute atomic E-state index is 0.329. The Bertz CT molecular complexity index is 1100. The molecule has 2 N–H and O–H groups in total. The van der Waals surface area contributed by atoms with Gasteiger partial charge in [-0.05, 0) is 37.1 Å². The third-order valence-corrected chi connectivity index (χ3v) is 4.23. The van der Waals surface area contributed by atoms with Crippen molar-refractivity contribution in [3.63, 3.8) is 0 Å². The summed E-state index contributed by atoms with van der Waals surface area (Å²) in [5, 5.41) is 15.5. The van der Waals surface area contributed by atoms with Crippen molar-refractivity contribution >= 4 is 33.9 Å². The van der Waals surface area contributed by atoms with Crippen LogP contribution in [0.15, 0.2) is 36.9 Å². The molecule has 0 bridgehead atoms. The molecule has 0 saturated carbocycles. The molecule has 0 aliphatic carbocycles. The van der Waals surface area contributed by atoms with Crippen LogP contribution in [0.4, 0.5) is 11.5 Å². The summed E-state index contributed by atoms with van der Waals surface area (Å²) in [4.78, 5) is 16.6. The summed E-state index contributed by atoms with van der Waals surface area (Å²) in [5.74, 6) is 0.288. The molecule has 0 saturated heterocycles. The highest BCUT2D eigenvalue weighted by molar-refractivity contribution is 5.96. The van der Waals surface area contributed by atoms with Crippen molar-refractivity contribution in [2.75, 3.05) is 11.9 Å². The molecule has 3 heterocycles. The molecule has 0 atom stereocenters. The molecule has 4 aromatic rings. The Balaban J connectivity index is 1.80. The number of nitrogens with zero attached hydrogens (tertiary/aromatic N) is 4. The number of fused-ring (bicyclic) bond motifs is 2. The van der Waals surface area contributed by atoms with E-state index in [1.54, 1.807) is 23.8 Å². The van der Waals surface area contributed by atoms with Gasteiger partial charge in [-0.1, -0.05) is 6.92 Å². The van der Waals surface area contributed by atoms with Gasteiger partial charge in [0.2, 0.25) is 0 Å². The normalized spacial score (nSPS) is 11.2. The number of benzene rings is 1. The number of hydrogen-bond acceptors (Lipinski definition) is 6. The summed E-state index contributed by atoms with van der Waals surface area (Å²) in [6.45, 7) is 4.11. The molecule has 0 fully saturated rings. The molecule has 0 unspecified atom stereocenters. The largest absolute Gasteiger partial charge is 0.462 e. The van der Waals surface area contributed by atoms with Gasteiger partial charge in [0.15, 0.2) is 5.82 Å². The van der Waals surface area contributed by atoms with Crippen molar-refractivity contribution in [2.24, 2.45) is 0 Å². The lowest BCUT2D eigenvalue weighted by atomic mass is 10.1. The van der Waals surface area contributed by atoms with Gasteiger partial charge >= 0.3 is 5.97 Å². The Hall–Kier alpha value is -3.42. The van der Waals surface area contributed by atoms with Gasteiger partial charge in [0, 0.05) is 17.3 Å². The lowest BCUT2D eigenvalue weighted by molar-refractivity contribution is 0.0525. The molecule has 1 aromatic carbocycles. The van der Waals surface area contributed by atoms with Gasteiger partial charge in [0.25, 0.3) is 0 Å². The fourth-order valence-electron chi connectivity index (χ4n) is 3.06. The topological polar surface area (TPSA) is 97.2 Å². The van der Waals surface area contributed by atoms with Crippen molar-refractivity contribution < 1.29 is 9.53 Å². The minimum Gasteiger partial charge on any atom is -0.462 e. The van der Waals surface area contributed by atoms with Crippen LogP contribution >= 0.6 is 0 Å². The van der Waals surface area contributed by atoms with Gasteiger partial charge in [0.1, 0.15) is 11.8 Å². The smallest absolute Gasteiger partial charge is 0.340 e. The number of aromatic amines is 1. The number of esters is 1. The van der Waals surface area contributed by atoms with Crippen LogP contribution in [-0.4, -0.2) is 37.4 Å². The number of nitrogens with one attached hydrogen (secondary N) is 2. The average molecular weight is 350 g/mol. The maximum absolute atomic E-state index is 12.3. The van der Waals surface area contributed by atoms with Crippen molar-refractivity contribution in [3.8, 4) is 0 Å². The Kier molecular flexibility index (Phi) is 4.00. The molecular weight excluding hydrogens is 332 g/mol. The van der Waals surface area contributed by atoms with E-state index in [0.717, 1.165) is 27.7 Å². The first kappa shape index (κ1) is 16.1. The zero-order valence-electron chi connectivity index (χ0n) is 14.5. The van der Waals surface area contributed by atoms with Crippen LogP contribution in [0.2, 0.25) is 0 Å². The first-order valence-electron chi connectivity index (χ1n) is 8.43. The lowest BCUT2D eigenvalue weighted by Crippen LogP contribution is -2.06. The van der Waals surface area contributed by atoms with E-state index < -0.39 is 0 Å². The molecule has 3 aromatic heterocycles. The van der Waals surface area contributed by atoms with Gasteiger partial charge in [-0.3, -0.25) is 5.10 Å². The third kappa shape index (κ3) is 2.65. The maximum atomic E-state index is 12.3. The molecule has 0 aliphatic rings. The molecule has 132 valence electrons. The lowest BCUT2D eigenvalue weighted by Gasteiger charge is -2.09. The van der Waals surface area contributed by atoms with Crippen molar-refractivity contribution in [2.45, 2.75) is 20.3 Å².